The van der Waals surface area contributed by atoms with Crippen LogP contribution in [0, 0.1) is 5.92 Å². The Morgan fingerprint density at radius 2 is 2.03 bits per heavy atom. The highest BCUT2D eigenvalue weighted by molar-refractivity contribution is 5.91. The van der Waals surface area contributed by atoms with Crippen molar-refractivity contribution in [1.82, 2.24) is 20.2 Å². The lowest BCUT2D eigenvalue weighted by Crippen LogP contribution is -2.42. The first kappa shape index (κ1) is 20.9. The monoisotopic (exact) mass is 410 g/mol. The second-order valence-corrected chi connectivity index (χ2v) is 8.27. The van der Waals surface area contributed by atoms with Gasteiger partial charge in [0, 0.05) is 45.6 Å². The van der Waals surface area contributed by atoms with Crippen molar-refractivity contribution in [3.8, 4) is 0 Å². The molecule has 1 aromatic heterocycles. The van der Waals surface area contributed by atoms with E-state index in [-0.39, 0.29) is 12.5 Å². The summed E-state index contributed by atoms with van der Waals surface area (Å²) in [6.07, 6.45) is 6.43. The fourth-order valence-corrected chi connectivity index (χ4v) is 4.23. The molecule has 0 radical (unpaired) electrons. The number of aliphatic hydroxyl groups excluding tert-OH is 1. The third kappa shape index (κ3) is 5.62. The van der Waals surface area contributed by atoms with Gasteiger partial charge in [-0.3, -0.25) is 14.7 Å². The van der Waals surface area contributed by atoms with Crippen LogP contribution < -0.4 is 5.32 Å². The molecule has 1 fully saturated rings. The van der Waals surface area contributed by atoms with Crippen LogP contribution in [0.3, 0.4) is 0 Å². The highest BCUT2D eigenvalue weighted by Gasteiger charge is 2.20. The summed E-state index contributed by atoms with van der Waals surface area (Å²) in [4.78, 5) is 23.4. The lowest BCUT2D eigenvalue weighted by molar-refractivity contribution is 0.0662. The Bertz CT molecular complexity index is 854. The van der Waals surface area contributed by atoms with Gasteiger partial charge in [-0.05, 0) is 42.7 Å². The number of hydrogen-bond acceptors (Lipinski definition) is 6. The fourth-order valence-electron chi connectivity index (χ4n) is 4.23. The first-order chi connectivity index (χ1) is 14.7. The summed E-state index contributed by atoms with van der Waals surface area (Å²) >= 11 is 0. The molecule has 160 valence electrons. The predicted molar refractivity (Wildman–Crippen MR) is 113 cm³/mol. The maximum Gasteiger partial charge on any atom is 0.271 e. The second-order valence-electron chi connectivity index (χ2n) is 8.27. The van der Waals surface area contributed by atoms with Crippen LogP contribution in [-0.4, -0.2) is 64.8 Å². The van der Waals surface area contributed by atoms with Crippen LogP contribution in [0.5, 0.6) is 0 Å². The van der Waals surface area contributed by atoms with Crippen LogP contribution in [-0.2, 0) is 24.1 Å². The lowest BCUT2D eigenvalue weighted by Gasteiger charge is -2.30. The number of ether oxygens (including phenoxy) is 1. The van der Waals surface area contributed by atoms with Crippen molar-refractivity contribution in [2.75, 3.05) is 32.8 Å². The van der Waals surface area contributed by atoms with Crippen molar-refractivity contribution in [1.29, 1.82) is 0 Å². The molecule has 2 aromatic rings. The van der Waals surface area contributed by atoms with E-state index >= 15 is 0 Å². The number of carbonyl (C=O) groups excluding carboxylic acids is 1. The zero-order chi connectivity index (χ0) is 20.8. The van der Waals surface area contributed by atoms with E-state index in [4.69, 9.17) is 4.74 Å². The number of fused-ring (bicyclic) bond motifs is 1. The van der Waals surface area contributed by atoms with Crippen LogP contribution in [0.2, 0.25) is 0 Å². The van der Waals surface area contributed by atoms with Crippen LogP contribution in [0.15, 0.2) is 36.7 Å². The first-order valence-electron chi connectivity index (χ1n) is 10.8. The van der Waals surface area contributed by atoms with Crippen LogP contribution in [0.1, 0.15) is 40.2 Å². The molecule has 1 atom stereocenters. The number of carbonyl (C=O) groups is 1. The lowest BCUT2D eigenvalue weighted by atomic mass is 9.95. The number of aliphatic hydroxyl groups is 1. The molecule has 0 bridgehead atoms. The number of nitrogens with one attached hydrogen (secondary N) is 1. The van der Waals surface area contributed by atoms with Gasteiger partial charge in [0.15, 0.2) is 0 Å². The van der Waals surface area contributed by atoms with Gasteiger partial charge in [-0.1, -0.05) is 24.3 Å². The summed E-state index contributed by atoms with van der Waals surface area (Å²) in [5.74, 6) is 0.238. The number of benzene rings is 1. The Kier molecular flexibility index (Phi) is 7.04. The van der Waals surface area contributed by atoms with Gasteiger partial charge < -0.3 is 15.2 Å². The number of rotatable bonds is 7. The third-order valence-electron chi connectivity index (χ3n) is 5.93. The van der Waals surface area contributed by atoms with Crippen LogP contribution in [0.25, 0.3) is 0 Å². The Labute approximate surface area is 177 Å². The van der Waals surface area contributed by atoms with Crippen molar-refractivity contribution in [2.45, 2.75) is 38.3 Å². The predicted octanol–water partition coefficient (Wildman–Crippen LogP) is 1.59. The molecule has 30 heavy (non-hydrogen) atoms. The molecule has 7 nitrogen and oxygen atoms in total. The average Bonchev–Trinajstić information content (AvgIpc) is 2.78. The Hall–Kier alpha value is -2.35. The van der Waals surface area contributed by atoms with Crippen LogP contribution in [0.4, 0.5) is 0 Å². The van der Waals surface area contributed by atoms with E-state index in [0.29, 0.717) is 18.2 Å². The Morgan fingerprint density at radius 1 is 1.23 bits per heavy atom. The Morgan fingerprint density at radius 3 is 2.87 bits per heavy atom. The van der Waals surface area contributed by atoms with Crippen molar-refractivity contribution in [3.63, 3.8) is 0 Å². The summed E-state index contributed by atoms with van der Waals surface area (Å²) in [5.41, 5.74) is 3.84. The molecule has 0 spiro atoms. The molecule has 3 heterocycles. The van der Waals surface area contributed by atoms with Gasteiger partial charge in [0.1, 0.15) is 5.69 Å². The largest absolute Gasteiger partial charge is 0.390 e. The highest BCUT2D eigenvalue weighted by atomic mass is 16.5. The number of hydrogen-bond donors (Lipinski definition) is 2. The van der Waals surface area contributed by atoms with Gasteiger partial charge in [-0.25, -0.2) is 4.98 Å². The summed E-state index contributed by atoms with van der Waals surface area (Å²) in [7, 11) is 0. The fraction of sp³-hybridized carbons (Fsp3) is 0.522. The molecule has 1 aromatic carbocycles. The molecule has 1 amide bonds. The van der Waals surface area contributed by atoms with E-state index in [0.717, 1.165) is 57.7 Å². The smallest absolute Gasteiger partial charge is 0.271 e. The zero-order valence-electron chi connectivity index (χ0n) is 17.3. The SMILES string of the molecule is O=C(NCC(O)CN1CCc2ccccc2C1)c1cncc(CC2CCOCC2)n1. The molecule has 1 saturated heterocycles. The molecule has 7 heteroatoms. The minimum absolute atomic E-state index is 0.197. The van der Waals surface area contributed by atoms with E-state index in [1.54, 1.807) is 6.20 Å². The number of amides is 1. The molecule has 4 rings (SSSR count). The average molecular weight is 411 g/mol. The van der Waals surface area contributed by atoms with Gasteiger partial charge in [-0.15, -0.1) is 0 Å². The first-order valence-corrected chi connectivity index (χ1v) is 10.8. The standard InChI is InChI=1S/C23H30N4O3/c28-21(16-27-8-5-18-3-1-2-4-19(18)15-27)13-25-23(29)22-14-24-12-20(26-22)11-17-6-9-30-10-7-17/h1-4,12,14,17,21,28H,5-11,13,15-16H2,(H,25,29). The summed E-state index contributed by atoms with van der Waals surface area (Å²) in [5, 5.41) is 13.2. The molecule has 2 aliphatic rings. The third-order valence-corrected chi connectivity index (χ3v) is 5.93. The van der Waals surface area contributed by atoms with Crippen molar-refractivity contribution < 1.29 is 14.6 Å². The van der Waals surface area contributed by atoms with Crippen LogP contribution >= 0.6 is 0 Å². The highest BCUT2D eigenvalue weighted by Crippen LogP contribution is 2.19. The number of nitrogens with zero attached hydrogens (tertiary/aromatic N) is 3. The van der Waals surface area contributed by atoms with Gasteiger partial charge >= 0.3 is 0 Å². The summed E-state index contributed by atoms with van der Waals surface area (Å²) in [6.45, 7) is 4.06. The zero-order valence-corrected chi connectivity index (χ0v) is 17.3. The molecule has 0 saturated carbocycles. The van der Waals surface area contributed by atoms with Gasteiger partial charge in [0.25, 0.3) is 5.91 Å². The van der Waals surface area contributed by atoms with Crippen molar-refractivity contribution >= 4 is 5.91 Å². The molecule has 1 unspecified atom stereocenters. The quantitative estimate of drug-likeness (QED) is 0.721. The molecule has 2 N–H and O–H groups in total. The van der Waals surface area contributed by atoms with Gasteiger partial charge in [-0.2, -0.15) is 0 Å². The second kappa shape index (κ2) is 10.1. The summed E-state index contributed by atoms with van der Waals surface area (Å²) < 4.78 is 5.40. The maximum atomic E-state index is 12.5. The normalized spacial score (nSPS) is 18.6. The summed E-state index contributed by atoms with van der Waals surface area (Å²) in [6, 6.07) is 8.43. The van der Waals surface area contributed by atoms with E-state index in [1.165, 1.54) is 17.3 Å². The molecule has 0 aliphatic carbocycles. The van der Waals surface area contributed by atoms with E-state index < -0.39 is 6.10 Å². The maximum absolute atomic E-state index is 12.5. The molecule has 2 aliphatic heterocycles. The Balaban J connectivity index is 1.24. The van der Waals surface area contributed by atoms with Crippen molar-refractivity contribution in [2.24, 2.45) is 5.92 Å². The van der Waals surface area contributed by atoms with E-state index in [1.807, 2.05) is 0 Å². The van der Waals surface area contributed by atoms with Gasteiger partial charge in [0.05, 0.1) is 18.0 Å². The minimum Gasteiger partial charge on any atom is -0.390 e. The number of aromatic nitrogens is 2. The molecular formula is C23H30N4O3. The van der Waals surface area contributed by atoms with Gasteiger partial charge in [0.2, 0.25) is 0 Å². The number of β-amino-alcohol motifs (C(OH)–C–C–N with tert-alkyl or cyclic N) is 1. The van der Waals surface area contributed by atoms with Crippen molar-refractivity contribution in [3.05, 3.63) is 59.2 Å². The topological polar surface area (TPSA) is 87.6 Å². The molecular weight excluding hydrogens is 380 g/mol. The van der Waals surface area contributed by atoms with E-state index in [2.05, 4.69) is 44.5 Å². The van der Waals surface area contributed by atoms with E-state index in [9.17, 15) is 9.90 Å². The minimum atomic E-state index is -0.627.